The highest BCUT2D eigenvalue weighted by atomic mass is 16.6. The summed E-state index contributed by atoms with van der Waals surface area (Å²) in [4.78, 5) is 21.8. The first kappa shape index (κ1) is 12.9. The largest absolute Gasteiger partial charge is 0.392 e. The molecular weight excluding hydrogens is 220 g/mol. The second kappa shape index (κ2) is 5.79. The molecule has 0 spiro atoms. The third kappa shape index (κ3) is 3.41. The first-order chi connectivity index (χ1) is 8.06. The molecule has 0 radical (unpaired) electrons. The van der Waals surface area contributed by atoms with Gasteiger partial charge in [0.05, 0.1) is 11.8 Å². The van der Waals surface area contributed by atoms with Gasteiger partial charge in [-0.05, 0) is 12.5 Å². The Morgan fingerprint density at radius 2 is 2.12 bits per heavy atom. The predicted molar refractivity (Wildman–Crippen MR) is 63.9 cm³/mol. The summed E-state index contributed by atoms with van der Waals surface area (Å²) < 4.78 is 4.36. The van der Waals surface area contributed by atoms with E-state index in [0.717, 1.165) is 5.56 Å². The number of rotatable bonds is 4. The number of ether oxygens (including phenoxy) is 1. The van der Waals surface area contributed by atoms with Crippen LogP contribution in [-0.2, 0) is 9.53 Å². The Hall–Kier alpha value is -2.17. The molecule has 17 heavy (non-hydrogen) atoms. The van der Waals surface area contributed by atoms with Crippen LogP contribution in [0.3, 0.4) is 0 Å². The molecule has 5 nitrogen and oxygen atoms in total. The number of benzene rings is 1. The van der Waals surface area contributed by atoms with Gasteiger partial charge < -0.3 is 9.75 Å². The van der Waals surface area contributed by atoms with Crippen LogP contribution >= 0.6 is 0 Å². The third-order valence-electron chi connectivity index (χ3n) is 2.09. The van der Waals surface area contributed by atoms with Crippen LogP contribution in [0.15, 0.2) is 23.3 Å². The highest BCUT2D eigenvalue weighted by Gasteiger charge is 2.14. The van der Waals surface area contributed by atoms with Crippen molar-refractivity contribution < 1.29 is 14.3 Å². The second-order valence-electron chi connectivity index (χ2n) is 3.63. The Labute approximate surface area is 99.7 Å². The van der Waals surface area contributed by atoms with Crippen LogP contribution in [0.1, 0.15) is 21.5 Å². The minimum absolute atomic E-state index is 0.127. The van der Waals surface area contributed by atoms with Crippen molar-refractivity contribution in [2.75, 3.05) is 14.1 Å². The quantitative estimate of drug-likeness (QED) is 0.258. The van der Waals surface area contributed by atoms with E-state index in [2.05, 4.69) is 9.84 Å². The van der Waals surface area contributed by atoms with E-state index in [1.807, 2.05) is 6.07 Å². The summed E-state index contributed by atoms with van der Waals surface area (Å²) in [5.41, 5.74) is 1.70. The Balaban J connectivity index is 3.17. The maximum atomic E-state index is 11.6. The van der Waals surface area contributed by atoms with Gasteiger partial charge in [0.2, 0.25) is 0 Å². The molecular formula is C12H14N2O3. The van der Waals surface area contributed by atoms with Gasteiger partial charge in [-0.3, -0.25) is 4.79 Å². The lowest BCUT2D eigenvalue weighted by molar-refractivity contribution is -0.123. The molecule has 1 aromatic carbocycles. The van der Waals surface area contributed by atoms with Crippen molar-refractivity contribution in [2.24, 2.45) is 5.10 Å². The van der Waals surface area contributed by atoms with Crippen molar-refractivity contribution in [2.45, 2.75) is 6.92 Å². The molecule has 0 bridgehead atoms. The fourth-order valence-corrected chi connectivity index (χ4v) is 1.36. The molecule has 0 fully saturated rings. The van der Waals surface area contributed by atoms with E-state index in [0.29, 0.717) is 11.1 Å². The van der Waals surface area contributed by atoms with Crippen LogP contribution in [0.5, 0.6) is 0 Å². The molecule has 0 aliphatic heterocycles. The minimum Gasteiger partial charge on any atom is -0.392 e. The average Bonchev–Trinajstić information content (AvgIpc) is 2.26. The van der Waals surface area contributed by atoms with Gasteiger partial charge in [0, 0.05) is 19.7 Å². The summed E-state index contributed by atoms with van der Waals surface area (Å²) in [6.07, 6.45) is 1.55. The maximum absolute atomic E-state index is 11.6. The summed E-state index contributed by atoms with van der Waals surface area (Å²) in [5, 5.41) is 5.66. The molecule has 90 valence electrons. The highest BCUT2D eigenvalue weighted by molar-refractivity contribution is 6.02. The monoisotopic (exact) mass is 234 g/mol. The van der Waals surface area contributed by atoms with E-state index >= 15 is 0 Å². The average molecular weight is 234 g/mol. The van der Waals surface area contributed by atoms with Crippen molar-refractivity contribution in [3.63, 3.8) is 0 Å². The van der Waals surface area contributed by atoms with E-state index < -0.39 is 5.97 Å². The molecule has 0 heterocycles. The van der Waals surface area contributed by atoms with Crippen molar-refractivity contribution >= 4 is 18.7 Å². The lowest BCUT2D eigenvalue weighted by atomic mass is 10.0. The zero-order valence-electron chi connectivity index (χ0n) is 10.0. The molecule has 0 N–H and O–H groups in total. The van der Waals surface area contributed by atoms with Gasteiger partial charge in [0.25, 0.3) is 0 Å². The van der Waals surface area contributed by atoms with Gasteiger partial charge in [-0.25, -0.2) is 4.79 Å². The van der Waals surface area contributed by atoms with Gasteiger partial charge >= 0.3 is 12.4 Å². The first-order valence-electron chi connectivity index (χ1n) is 5.01. The molecule has 1 aromatic rings. The first-order valence-corrected chi connectivity index (χ1v) is 5.01. The maximum Gasteiger partial charge on any atom is 0.346 e. The standard InChI is InChI=1S/C12H14N2O3/c1-9-5-4-6-10(7-13-14(2)3)11(9)12(16)17-8-15/h4-8H,1-3H3/b13-7-. The van der Waals surface area contributed by atoms with E-state index in [1.54, 1.807) is 44.4 Å². The third-order valence-corrected chi connectivity index (χ3v) is 2.09. The van der Waals surface area contributed by atoms with Crippen LogP contribution < -0.4 is 0 Å². The lowest BCUT2D eigenvalue weighted by Gasteiger charge is -2.07. The highest BCUT2D eigenvalue weighted by Crippen LogP contribution is 2.13. The molecule has 0 aliphatic rings. The molecule has 0 saturated heterocycles. The summed E-state index contributed by atoms with van der Waals surface area (Å²) in [6, 6.07) is 5.32. The number of aryl methyl sites for hydroxylation is 1. The van der Waals surface area contributed by atoms with E-state index in [-0.39, 0.29) is 6.47 Å². The number of carbonyl (C=O) groups excluding carboxylic acids is 2. The Morgan fingerprint density at radius 3 is 2.71 bits per heavy atom. The Bertz CT molecular complexity index is 453. The molecule has 0 unspecified atom stereocenters. The normalized spacial score (nSPS) is 10.3. The van der Waals surface area contributed by atoms with Gasteiger partial charge in [0.15, 0.2) is 0 Å². The summed E-state index contributed by atoms with van der Waals surface area (Å²) in [7, 11) is 3.55. The SMILES string of the molecule is Cc1cccc(/C=N\N(C)C)c1C(=O)OC=O. The van der Waals surface area contributed by atoms with Crippen molar-refractivity contribution in [1.82, 2.24) is 5.01 Å². The fourth-order valence-electron chi connectivity index (χ4n) is 1.36. The smallest absolute Gasteiger partial charge is 0.346 e. The van der Waals surface area contributed by atoms with Crippen molar-refractivity contribution in [3.8, 4) is 0 Å². The molecule has 1 rings (SSSR count). The number of hydrogen-bond acceptors (Lipinski definition) is 5. The fraction of sp³-hybridized carbons (Fsp3) is 0.250. The molecule has 0 saturated carbocycles. The van der Waals surface area contributed by atoms with Crippen LogP contribution in [0.4, 0.5) is 0 Å². The van der Waals surface area contributed by atoms with Crippen LogP contribution in [0.2, 0.25) is 0 Å². The Kier molecular flexibility index (Phi) is 4.39. The van der Waals surface area contributed by atoms with E-state index in [1.165, 1.54) is 0 Å². The van der Waals surface area contributed by atoms with E-state index in [9.17, 15) is 9.59 Å². The van der Waals surface area contributed by atoms with Crippen LogP contribution in [-0.4, -0.2) is 37.8 Å². The van der Waals surface area contributed by atoms with Crippen molar-refractivity contribution in [3.05, 3.63) is 34.9 Å². The van der Waals surface area contributed by atoms with Crippen LogP contribution in [0.25, 0.3) is 0 Å². The summed E-state index contributed by atoms with van der Waals surface area (Å²) in [5.74, 6) is -0.668. The molecule has 0 atom stereocenters. The summed E-state index contributed by atoms with van der Waals surface area (Å²) >= 11 is 0. The van der Waals surface area contributed by atoms with E-state index in [4.69, 9.17) is 0 Å². The minimum atomic E-state index is -0.668. The van der Waals surface area contributed by atoms with Crippen molar-refractivity contribution in [1.29, 1.82) is 0 Å². The second-order valence-corrected chi connectivity index (χ2v) is 3.63. The van der Waals surface area contributed by atoms with Gasteiger partial charge in [-0.1, -0.05) is 18.2 Å². The van der Waals surface area contributed by atoms with Gasteiger partial charge in [-0.15, -0.1) is 0 Å². The zero-order valence-corrected chi connectivity index (χ0v) is 10.0. The van der Waals surface area contributed by atoms with Gasteiger partial charge in [0.1, 0.15) is 0 Å². The topological polar surface area (TPSA) is 59.0 Å². The number of nitrogens with zero attached hydrogens (tertiary/aromatic N) is 2. The lowest BCUT2D eigenvalue weighted by Crippen LogP contribution is -2.10. The molecule has 5 heteroatoms. The predicted octanol–water partition coefficient (Wildman–Crippen LogP) is 1.20. The Morgan fingerprint density at radius 1 is 1.41 bits per heavy atom. The number of hydrazone groups is 1. The number of esters is 1. The zero-order chi connectivity index (χ0) is 12.8. The van der Waals surface area contributed by atoms with Crippen LogP contribution in [0, 0.1) is 6.92 Å². The molecule has 0 aliphatic carbocycles. The van der Waals surface area contributed by atoms with Gasteiger partial charge in [-0.2, -0.15) is 5.10 Å². The molecule has 0 aromatic heterocycles. The number of carbonyl (C=O) groups is 2. The summed E-state index contributed by atoms with van der Waals surface area (Å²) in [6.45, 7) is 1.90. The molecule has 0 amide bonds. The number of hydrogen-bond donors (Lipinski definition) is 0.